The van der Waals surface area contributed by atoms with Gasteiger partial charge < -0.3 is 20.5 Å². The van der Waals surface area contributed by atoms with E-state index in [1.807, 2.05) is 0 Å². The SMILES string of the molecule is O=C1COc2ccc(C(=O)NCC3(O)CCC3)cc2N1. The fourth-order valence-electron chi connectivity index (χ4n) is 2.33. The molecule has 1 aliphatic carbocycles. The summed E-state index contributed by atoms with van der Waals surface area (Å²) < 4.78 is 5.23. The molecule has 1 saturated carbocycles. The van der Waals surface area contributed by atoms with Crippen molar-refractivity contribution in [2.75, 3.05) is 18.5 Å². The third-order valence-electron chi connectivity index (χ3n) is 3.74. The van der Waals surface area contributed by atoms with E-state index in [-0.39, 0.29) is 25.0 Å². The lowest BCUT2D eigenvalue weighted by molar-refractivity contribution is -0.118. The molecule has 0 atom stereocenters. The molecule has 0 spiro atoms. The van der Waals surface area contributed by atoms with Crippen molar-refractivity contribution in [1.29, 1.82) is 0 Å². The number of anilines is 1. The van der Waals surface area contributed by atoms with Crippen LogP contribution in [0.2, 0.25) is 0 Å². The maximum absolute atomic E-state index is 12.0. The second kappa shape index (κ2) is 4.79. The van der Waals surface area contributed by atoms with Gasteiger partial charge in [-0.15, -0.1) is 0 Å². The average Bonchev–Trinajstić information content (AvgIpc) is 2.41. The van der Waals surface area contributed by atoms with Gasteiger partial charge in [0.1, 0.15) is 5.75 Å². The Balaban J connectivity index is 1.68. The maximum atomic E-state index is 12.0. The minimum atomic E-state index is -0.749. The molecule has 1 aliphatic heterocycles. The normalized spacial score (nSPS) is 19.1. The van der Waals surface area contributed by atoms with E-state index in [2.05, 4.69) is 10.6 Å². The van der Waals surface area contributed by atoms with Crippen LogP contribution < -0.4 is 15.4 Å². The first-order valence-electron chi connectivity index (χ1n) is 6.63. The zero-order chi connectivity index (χ0) is 14.2. The number of fused-ring (bicyclic) bond motifs is 1. The van der Waals surface area contributed by atoms with Crippen molar-refractivity contribution >= 4 is 17.5 Å². The topological polar surface area (TPSA) is 87.7 Å². The van der Waals surface area contributed by atoms with Crippen molar-refractivity contribution < 1.29 is 19.4 Å². The van der Waals surface area contributed by atoms with Crippen LogP contribution >= 0.6 is 0 Å². The van der Waals surface area contributed by atoms with Gasteiger partial charge in [0.25, 0.3) is 11.8 Å². The van der Waals surface area contributed by atoms with E-state index in [4.69, 9.17) is 4.74 Å². The first kappa shape index (κ1) is 12.9. The molecular weight excluding hydrogens is 260 g/mol. The van der Waals surface area contributed by atoms with E-state index in [9.17, 15) is 14.7 Å². The Morgan fingerprint density at radius 1 is 1.45 bits per heavy atom. The number of ether oxygens (including phenoxy) is 1. The van der Waals surface area contributed by atoms with Gasteiger partial charge in [-0.3, -0.25) is 9.59 Å². The number of carbonyl (C=O) groups excluding carboxylic acids is 2. The minimum absolute atomic E-state index is 0.00836. The monoisotopic (exact) mass is 276 g/mol. The molecule has 2 amide bonds. The molecule has 6 nitrogen and oxygen atoms in total. The van der Waals surface area contributed by atoms with Crippen LogP contribution in [0.3, 0.4) is 0 Å². The highest BCUT2D eigenvalue weighted by molar-refractivity contribution is 5.99. The molecule has 6 heteroatoms. The number of benzene rings is 1. The summed E-state index contributed by atoms with van der Waals surface area (Å²) in [5.41, 5.74) is 0.176. The van der Waals surface area contributed by atoms with Crippen LogP contribution in [0.4, 0.5) is 5.69 Å². The number of rotatable bonds is 3. The molecule has 1 fully saturated rings. The zero-order valence-electron chi connectivity index (χ0n) is 10.9. The Labute approximate surface area is 116 Å². The lowest BCUT2D eigenvalue weighted by Gasteiger charge is -2.36. The third kappa shape index (κ3) is 2.46. The van der Waals surface area contributed by atoms with Gasteiger partial charge in [-0.25, -0.2) is 0 Å². The first-order chi connectivity index (χ1) is 9.56. The molecule has 0 bridgehead atoms. The van der Waals surface area contributed by atoms with Crippen LogP contribution in [-0.4, -0.2) is 35.7 Å². The summed E-state index contributed by atoms with van der Waals surface area (Å²) in [5.74, 6) is 0.0468. The van der Waals surface area contributed by atoms with Crippen molar-refractivity contribution in [3.63, 3.8) is 0 Å². The summed E-state index contributed by atoms with van der Waals surface area (Å²) in [7, 11) is 0. The van der Waals surface area contributed by atoms with Crippen LogP contribution in [0.25, 0.3) is 0 Å². The number of amides is 2. The Hall–Kier alpha value is -2.08. The van der Waals surface area contributed by atoms with Crippen LogP contribution in [0.5, 0.6) is 5.75 Å². The highest BCUT2D eigenvalue weighted by Gasteiger charge is 2.34. The van der Waals surface area contributed by atoms with Crippen LogP contribution in [-0.2, 0) is 4.79 Å². The standard InChI is InChI=1S/C14H16N2O4/c17-12-7-20-11-3-2-9(6-10(11)16-12)13(18)15-8-14(19)4-1-5-14/h2-3,6,19H,1,4-5,7-8H2,(H,15,18)(H,16,17). The van der Waals surface area contributed by atoms with E-state index in [1.54, 1.807) is 18.2 Å². The molecule has 0 radical (unpaired) electrons. The van der Waals surface area contributed by atoms with Crippen LogP contribution in [0.1, 0.15) is 29.6 Å². The summed E-state index contributed by atoms with van der Waals surface area (Å²) >= 11 is 0. The van der Waals surface area contributed by atoms with Crippen molar-refractivity contribution in [3.05, 3.63) is 23.8 Å². The van der Waals surface area contributed by atoms with Crippen LogP contribution in [0.15, 0.2) is 18.2 Å². The first-order valence-corrected chi connectivity index (χ1v) is 6.63. The minimum Gasteiger partial charge on any atom is -0.482 e. The number of hydrogen-bond donors (Lipinski definition) is 3. The molecule has 0 unspecified atom stereocenters. The summed E-state index contributed by atoms with van der Waals surface area (Å²) in [6.07, 6.45) is 2.44. The average molecular weight is 276 g/mol. The van der Waals surface area contributed by atoms with E-state index >= 15 is 0 Å². The van der Waals surface area contributed by atoms with Crippen LogP contribution in [0, 0.1) is 0 Å². The quantitative estimate of drug-likeness (QED) is 0.757. The maximum Gasteiger partial charge on any atom is 0.262 e. The van der Waals surface area contributed by atoms with Crippen molar-refractivity contribution in [1.82, 2.24) is 5.32 Å². The highest BCUT2D eigenvalue weighted by Crippen LogP contribution is 2.31. The van der Waals surface area contributed by atoms with Gasteiger partial charge in [0.2, 0.25) is 0 Å². The molecule has 0 aromatic heterocycles. The second-order valence-corrected chi connectivity index (χ2v) is 5.31. The lowest BCUT2D eigenvalue weighted by atomic mass is 9.80. The third-order valence-corrected chi connectivity index (χ3v) is 3.74. The van der Waals surface area contributed by atoms with Gasteiger partial charge in [0.05, 0.1) is 11.3 Å². The number of aliphatic hydroxyl groups is 1. The summed E-state index contributed by atoms with van der Waals surface area (Å²) in [5, 5.41) is 15.3. The largest absolute Gasteiger partial charge is 0.482 e. The molecule has 1 aromatic rings. The fourth-order valence-corrected chi connectivity index (χ4v) is 2.33. The molecule has 20 heavy (non-hydrogen) atoms. The van der Waals surface area contributed by atoms with Gasteiger partial charge >= 0.3 is 0 Å². The van der Waals surface area contributed by atoms with Crippen molar-refractivity contribution in [2.24, 2.45) is 0 Å². The Morgan fingerprint density at radius 3 is 2.95 bits per heavy atom. The summed E-state index contributed by atoms with van der Waals surface area (Å²) in [6, 6.07) is 4.87. The molecule has 2 aliphatic rings. The summed E-state index contributed by atoms with van der Waals surface area (Å²) in [6.45, 7) is 0.247. The molecule has 1 heterocycles. The summed E-state index contributed by atoms with van der Waals surface area (Å²) in [4.78, 5) is 23.3. The Bertz CT molecular complexity index is 566. The van der Waals surface area contributed by atoms with Gasteiger partial charge in [-0.05, 0) is 37.5 Å². The highest BCUT2D eigenvalue weighted by atomic mass is 16.5. The predicted octanol–water partition coefficient (Wildman–Crippen LogP) is 0.662. The molecule has 3 N–H and O–H groups in total. The number of carbonyl (C=O) groups is 2. The lowest BCUT2D eigenvalue weighted by Crippen LogP contribution is -2.47. The molecule has 3 rings (SSSR count). The fraction of sp³-hybridized carbons (Fsp3) is 0.429. The predicted molar refractivity (Wildman–Crippen MR) is 71.7 cm³/mol. The second-order valence-electron chi connectivity index (χ2n) is 5.31. The van der Waals surface area contributed by atoms with E-state index in [0.29, 0.717) is 17.0 Å². The van der Waals surface area contributed by atoms with Gasteiger partial charge in [0, 0.05) is 12.1 Å². The Kier molecular flexibility index (Phi) is 3.10. The van der Waals surface area contributed by atoms with Gasteiger partial charge in [-0.2, -0.15) is 0 Å². The molecule has 106 valence electrons. The van der Waals surface area contributed by atoms with Gasteiger partial charge in [0.15, 0.2) is 6.61 Å². The molecule has 1 aromatic carbocycles. The van der Waals surface area contributed by atoms with E-state index < -0.39 is 5.60 Å². The van der Waals surface area contributed by atoms with Gasteiger partial charge in [-0.1, -0.05) is 0 Å². The van der Waals surface area contributed by atoms with E-state index in [1.165, 1.54) is 0 Å². The zero-order valence-corrected chi connectivity index (χ0v) is 10.9. The number of hydrogen-bond acceptors (Lipinski definition) is 4. The van der Waals surface area contributed by atoms with Crippen molar-refractivity contribution in [2.45, 2.75) is 24.9 Å². The van der Waals surface area contributed by atoms with E-state index in [0.717, 1.165) is 19.3 Å². The Morgan fingerprint density at radius 2 is 2.25 bits per heavy atom. The smallest absolute Gasteiger partial charge is 0.262 e. The molecular formula is C14H16N2O4. The van der Waals surface area contributed by atoms with Crippen molar-refractivity contribution in [3.8, 4) is 5.75 Å². The number of nitrogens with one attached hydrogen (secondary N) is 2. The molecule has 0 saturated heterocycles.